The van der Waals surface area contributed by atoms with E-state index >= 15 is 0 Å². The molecule has 0 aliphatic rings. The van der Waals surface area contributed by atoms with Gasteiger partial charge in [0.15, 0.2) is 0 Å². The highest BCUT2D eigenvalue weighted by Crippen LogP contribution is 2.28. The van der Waals surface area contributed by atoms with Crippen LogP contribution in [0.4, 0.5) is 5.69 Å². The number of aryl methyl sites for hydroxylation is 1. The fraction of sp³-hybridized carbons (Fsp3) is 0.297. The van der Waals surface area contributed by atoms with Gasteiger partial charge in [0.1, 0.15) is 18.3 Å². The zero-order valence-corrected chi connectivity index (χ0v) is 27.7. The van der Waals surface area contributed by atoms with E-state index in [1.807, 2.05) is 87.5 Å². The summed E-state index contributed by atoms with van der Waals surface area (Å²) in [6.07, 6.45) is 1.52. The summed E-state index contributed by atoms with van der Waals surface area (Å²) < 4.78 is 35.1. The van der Waals surface area contributed by atoms with E-state index in [9.17, 15) is 18.0 Å². The van der Waals surface area contributed by atoms with Crippen LogP contribution in [0, 0.1) is 0 Å². The van der Waals surface area contributed by atoms with Crippen LogP contribution in [-0.4, -0.2) is 50.9 Å². The van der Waals surface area contributed by atoms with Crippen LogP contribution in [0.5, 0.6) is 5.75 Å². The van der Waals surface area contributed by atoms with Crippen molar-refractivity contribution in [1.82, 2.24) is 10.2 Å². The second-order valence-electron chi connectivity index (χ2n) is 11.2. The van der Waals surface area contributed by atoms with Gasteiger partial charge < -0.3 is 15.0 Å². The molecule has 4 rings (SSSR count). The molecule has 2 amide bonds. The molecule has 0 aliphatic carbocycles. The molecular weight excluding hydrogens is 598 g/mol. The smallest absolute Gasteiger partial charge is 0.264 e. The van der Waals surface area contributed by atoms with Gasteiger partial charge in [-0.25, -0.2) is 8.42 Å². The molecule has 9 heteroatoms. The lowest BCUT2D eigenvalue weighted by atomic mass is 10.0. The quantitative estimate of drug-likeness (QED) is 0.172. The lowest BCUT2D eigenvalue weighted by molar-refractivity contribution is -0.140. The van der Waals surface area contributed by atoms with E-state index in [1.165, 1.54) is 21.3 Å². The molecule has 0 heterocycles. The third-order valence-corrected chi connectivity index (χ3v) is 9.78. The molecule has 0 aliphatic heterocycles. The Hall–Kier alpha value is -4.63. The Morgan fingerprint density at radius 3 is 2.11 bits per heavy atom. The molecule has 0 spiro atoms. The maximum absolute atomic E-state index is 14.7. The first-order chi connectivity index (χ1) is 22.2. The summed E-state index contributed by atoms with van der Waals surface area (Å²) in [6, 6.07) is 31.1. The predicted molar refractivity (Wildman–Crippen MR) is 182 cm³/mol. The van der Waals surface area contributed by atoms with Gasteiger partial charge in [-0.3, -0.25) is 13.9 Å². The highest BCUT2D eigenvalue weighted by Gasteiger charge is 2.35. The first-order valence-electron chi connectivity index (χ1n) is 15.6. The van der Waals surface area contributed by atoms with Gasteiger partial charge in [-0.15, -0.1) is 0 Å². The molecule has 4 aromatic carbocycles. The average Bonchev–Trinajstić information content (AvgIpc) is 3.09. The number of carbonyl (C=O) groups is 2. The van der Waals surface area contributed by atoms with Crippen LogP contribution in [-0.2, 0) is 39.0 Å². The lowest BCUT2D eigenvalue weighted by Crippen LogP contribution is -2.54. The molecule has 8 nitrogen and oxygen atoms in total. The van der Waals surface area contributed by atoms with Crippen molar-refractivity contribution in [3.8, 4) is 5.75 Å². The molecular formula is C37H43N3O5S. The Balaban J connectivity index is 1.84. The third-order valence-electron chi connectivity index (χ3n) is 8.01. The molecule has 242 valence electrons. The standard InChI is InChI=1S/C37H43N3O5S/c1-5-28(3)38-37(42)35(25-29-16-9-7-10-17-29)39(26-30-18-15-20-32(24-30)45-4)36(41)27-40(34-23-14-13-19-31(34)6-2)46(43,44)33-21-11-8-12-22-33/h7-24,28,35H,5-6,25-27H2,1-4H3,(H,38,42)/t28-,35+/m0/s1. The van der Waals surface area contributed by atoms with Gasteiger partial charge in [-0.1, -0.05) is 92.7 Å². The van der Waals surface area contributed by atoms with Crippen LogP contribution in [0.25, 0.3) is 0 Å². The van der Waals surface area contributed by atoms with Crippen molar-refractivity contribution in [1.29, 1.82) is 0 Å². The Labute approximate surface area is 273 Å². The largest absolute Gasteiger partial charge is 0.497 e. The van der Waals surface area contributed by atoms with Gasteiger partial charge in [0, 0.05) is 19.0 Å². The minimum atomic E-state index is -4.16. The summed E-state index contributed by atoms with van der Waals surface area (Å²) in [6.45, 7) is 5.41. The molecule has 0 saturated carbocycles. The Bertz CT molecular complexity index is 1700. The SMILES string of the molecule is CCc1ccccc1N(CC(=O)N(Cc1cccc(OC)c1)[C@H](Cc1ccccc1)C(=O)N[C@@H](C)CC)S(=O)(=O)c1ccccc1. The molecule has 2 atom stereocenters. The number of ether oxygens (including phenoxy) is 1. The number of sulfonamides is 1. The number of amides is 2. The first kappa shape index (κ1) is 34.2. The number of rotatable bonds is 15. The van der Waals surface area contributed by atoms with Crippen LogP contribution in [0.2, 0.25) is 0 Å². The summed E-state index contributed by atoms with van der Waals surface area (Å²) in [7, 11) is -2.59. The molecule has 0 aromatic heterocycles. The zero-order chi connectivity index (χ0) is 33.1. The third kappa shape index (κ3) is 8.54. The summed E-state index contributed by atoms with van der Waals surface area (Å²) in [5.74, 6) is -0.201. The van der Waals surface area contributed by atoms with E-state index in [0.717, 1.165) is 16.7 Å². The number of hydrogen-bond donors (Lipinski definition) is 1. The van der Waals surface area contributed by atoms with Gasteiger partial charge in [0.05, 0.1) is 17.7 Å². The second kappa shape index (κ2) is 16.1. The number of hydrogen-bond acceptors (Lipinski definition) is 5. The van der Waals surface area contributed by atoms with Crippen LogP contribution >= 0.6 is 0 Å². The molecule has 0 saturated heterocycles. The number of benzene rings is 4. The van der Waals surface area contributed by atoms with Crippen LogP contribution in [0.3, 0.4) is 0 Å². The van der Waals surface area contributed by atoms with Gasteiger partial charge in [-0.2, -0.15) is 0 Å². The second-order valence-corrected chi connectivity index (χ2v) is 13.1. The number of nitrogens with zero attached hydrogens (tertiary/aromatic N) is 2. The van der Waals surface area contributed by atoms with E-state index in [4.69, 9.17) is 4.74 Å². The molecule has 4 aromatic rings. The Morgan fingerprint density at radius 2 is 1.46 bits per heavy atom. The number of anilines is 1. The van der Waals surface area contributed by atoms with E-state index < -0.39 is 28.5 Å². The fourth-order valence-electron chi connectivity index (χ4n) is 5.25. The molecule has 0 radical (unpaired) electrons. The van der Waals surface area contributed by atoms with Crippen LogP contribution in [0.15, 0.2) is 114 Å². The Kier molecular flexibility index (Phi) is 12.0. The molecule has 0 fully saturated rings. The highest BCUT2D eigenvalue weighted by molar-refractivity contribution is 7.92. The van der Waals surface area contributed by atoms with Crippen molar-refractivity contribution >= 4 is 27.5 Å². The molecule has 0 unspecified atom stereocenters. The summed E-state index contributed by atoms with van der Waals surface area (Å²) in [5, 5.41) is 3.06. The van der Waals surface area contributed by atoms with E-state index in [1.54, 1.807) is 37.4 Å². The van der Waals surface area contributed by atoms with E-state index in [2.05, 4.69) is 5.32 Å². The Morgan fingerprint density at radius 1 is 0.826 bits per heavy atom. The topological polar surface area (TPSA) is 96.0 Å². The number of methoxy groups -OCH3 is 1. The average molecular weight is 642 g/mol. The summed E-state index contributed by atoms with van der Waals surface area (Å²) in [4.78, 5) is 30.2. The van der Waals surface area contributed by atoms with Gasteiger partial charge >= 0.3 is 0 Å². The molecule has 0 bridgehead atoms. The minimum Gasteiger partial charge on any atom is -0.497 e. The first-order valence-corrected chi connectivity index (χ1v) is 17.0. The number of nitrogens with one attached hydrogen (secondary N) is 1. The van der Waals surface area contributed by atoms with E-state index in [0.29, 0.717) is 24.3 Å². The molecule has 1 N–H and O–H groups in total. The van der Waals surface area contributed by atoms with Crippen LogP contribution < -0.4 is 14.4 Å². The van der Waals surface area contributed by atoms with Crippen LogP contribution in [0.1, 0.15) is 43.9 Å². The maximum Gasteiger partial charge on any atom is 0.264 e. The number of para-hydroxylation sites is 1. The monoisotopic (exact) mass is 641 g/mol. The van der Waals surface area contributed by atoms with Crippen molar-refractivity contribution in [2.45, 2.75) is 63.6 Å². The normalized spacial score (nSPS) is 12.5. The highest BCUT2D eigenvalue weighted by atomic mass is 32.2. The molecule has 46 heavy (non-hydrogen) atoms. The maximum atomic E-state index is 14.7. The van der Waals surface area contributed by atoms with Gasteiger partial charge in [0.25, 0.3) is 10.0 Å². The van der Waals surface area contributed by atoms with Crippen molar-refractivity contribution in [2.75, 3.05) is 18.0 Å². The van der Waals surface area contributed by atoms with E-state index in [-0.39, 0.29) is 29.8 Å². The van der Waals surface area contributed by atoms with Crippen molar-refractivity contribution in [3.05, 3.63) is 126 Å². The van der Waals surface area contributed by atoms with Crippen molar-refractivity contribution < 1.29 is 22.7 Å². The summed E-state index contributed by atoms with van der Waals surface area (Å²) >= 11 is 0. The van der Waals surface area contributed by atoms with Gasteiger partial charge in [0.2, 0.25) is 11.8 Å². The van der Waals surface area contributed by atoms with Crippen molar-refractivity contribution in [2.24, 2.45) is 0 Å². The summed E-state index contributed by atoms with van der Waals surface area (Å²) in [5.41, 5.74) is 2.82. The fourth-order valence-corrected chi connectivity index (χ4v) is 6.72. The van der Waals surface area contributed by atoms with Gasteiger partial charge in [-0.05, 0) is 66.8 Å². The zero-order valence-electron chi connectivity index (χ0n) is 26.9. The van der Waals surface area contributed by atoms with Crippen molar-refractivity contribution in [3.63, 3.8) is 0 Å². The minimum absolute atomic E-state index is 0.0656. The number of carbonyl (C=O) groups excluding carboxylic acids is 2. The predicted octanol–water partition coefficient (Wildman–Crippen LogP) is 6.01. The lowest BCUT2D eigenvalue weighted by Gasteiger charge is -2.34.